The number of carbonyl (C=O) groups excluding carboxylic acids is 1. The third-order valence-electron chi connectivity index (χ3n) is 4.35. The van der Waals surface area contributed by atoms with Crippen molar-refractivity contribution in [3.63, 3.8) is 0 Å². The summed E-state index contributed by atoms with van der Waals surface area (Å²) in [5, 5.41) is 0. The number of amides is 1. The molecule has 1 aromatic rings. The van der Waals surface area contributed by atoms with Crippen LogP contribution in [-0.2, 0) is 6.42 Å². The van der Waals surface area contributed by atoms with Crippen molar-refractivity contribution in [2.24, 2.45) is 0 Å². The molecule has 114 valence electrons. The zero-order chi connectivity index (χ0) is 15.6. The summed E-state index contributed by atoms with van der Waals surface area (Å²) in [6, 6.07) is 3.72. The summed E-state index contributed by atoms with van der Waals surface area (Å²) < 4.78 is 14.1. The number of hydrogen-bond donors (Lipinski definition) is 1. The number of nitrogens with two attached hydrogens (primary N) is 1. The van der Waals surface area contributed by atoms with Crippen LogP contribution < -0.4 is 5.73 Å². The minimum Gasteiger partial charge on any atom is -0.398 e. The average Bonchev–Trinajstić information content (AvgIpc) is 2.49. The molecular formula is C17H23FN2O. The monoisotopic (exact) mass is 290 g/mol. The normalized spacial score (nSPS) is 17.6. The molecule has 4 heteroatoms. The van der Waals surface area contributed by atoms with Crippen LogP contribution in [0.25, 0.3) is 0 Å². The standard InChI is InChI=1S/C17H23FN2O/c1-4-13-10-12(3)15(19)11-14(13)16(21)20-8-6-17(18,5-2)7-9-20/h5,10-11H,2,4,6-9,19H2,1,3H3. The van der Waals surface area contributed by atoms with Crippen LogP contribution in [0.2, 0.25) is 0 Å². The molecule has 0 aromatic heterocycles. The van der Waals surface area contributed by atoms with E-state index in [2.05, 4.69) is 6.58 Å². The lowest BCUT2D eigenvalue weighted by atomic mass is 9.92. The summed E-state index contributed by atoms with van der Waals surface area (Å²) in [6.07, 6.45) is 2.75. The molecule has 1 amide bonds. The smallest absolute Gasteiger partial charge is 0.254 e. The van der Waals surface area contributed by atoms with Gasteiger partial charge in [0, 0.05) is 37.2 Å². The second-order valence-electron chi connectivity index (χ2n) is 5.75. The van der Waals surface area contributed by atoms with Crippen molar-refractivity contribution in [3.8, 4) is 0 Å². The van der Waals surface area contributed by atoms with Gasteiger partial charge in [0.1, 0.15) is 5.67 Å². The summed E-state index contributed by atoms with van der Waals surface area (Å²) >= 11 is 0. The summed E-state index contributed by atoms with van der Waals surface area (Å²) in [4.78, 5) is 14.4. The summed E-state index contributed by atoms with van der Waals surface area (Å²) in [6.45, 7) is 8.32. The molecule has 3 nitrogen and oxygen atoms in total. The first-order valence-electron chi connectivity index (χ1n) is 7.41. The molecule has 2 rings (SSSR count). The van der Waals surface area contributed by atoms with Crippen molar-refractivity contribution in [1.82, 2.24) is 4.90 Å². The maximum absolute atomic E-state index is 14.1. The van der Waals surface area contributed by atoms with E-state index in [0.29, 0.717) is 37.2 Å². The lowest BCUT2D eigenvalue weighted by Crippen LogP contribution is -2.44. The van der Waals surface area contributed by atoms with Gasteiger partial charge in [0.15, 0.2) is 0 Å². The summed E-state index contributed by atoms with van der Waals surface area (Å²) in [5.41, 5.74) is 7.84. The molecule has 0 radical (unpaired) electrons. The third kappa shape index (κ3) is 3.09. The summed E-state index contributed by atoms with van der Waals surface area (Å²) in [5.74, 6) is -0.0512. The van der Waals surface area contributed by atoms with Gasteiger partial charge in [0.25, 0.3) is 5.91 Å². The number of alkyl halides is 1. The van der Waals surface area contributed by atoms with E-state index >= 15 is 0 Å². The SMILES string of the molecule is C=CC1(F)CCN(C(=O)c2cc(N)c(C)cc2CC)CC1. The lowest BCUT2D eigenvalue weighted by molar-refractivity contribution is 0.0574. The van der Waals surface area contributed by atoms with Crippen LogP contribution >= 0.6 is 0 Å². The second-order valence-corrected chi connectivity index (χ2v) is 5.75. The number of likely N-dealkylation sites (tertiary alicyclic amines) is 1. The molecule has 1 fully saturated rings. The molecule has 2 N–H and O–H groups in total. The zero-order valence-electron chi connectivity index (χ0n) is 12.8. The molecule has 1 aromatic carbocycles. The van der Waals surface area contributed by atoms with E-state index in [-0.39, 0.29) is 5.91 Å². The zero-order valence-corrected chi connectivity index (χ0v) is 12.8. The molecule has 0 atom stereocenters. The number of nitrogens with zero attached hydrogens (tertiary/aromatic N) is 1. The van der Waals surface area contributed by atoms with Gasteiger partial charge < -0.3 is 10.6 Å². The Bertz CT molecular complexity index is 560. The van der Waals surface area contributed by atoms with E-state index in [1.807, 2.05) is 19.9 Å². The highest BCUT2D eigenvalue weighted by molar-refractivity contribution is 5.97. The third-order valence-corrected chi connectivity index (χ3v) is 4.35. The molecule has 0 spiro atoms. The molecule has 21 heavy (non-hydrogen) atoms. The number of hydrogen-bond acceptors (Lipinski definition) is 2. The van der Waals surface area contributed by atoms with E-state index < -0.39 is 5.67 Å². The Hall–Kier alpha value is -1.84. The molecule has 1 heterocycles. The Balaban J connectivity index is 2.22. The minimum atomic E-state index is -1.34. The number of halogens is 1. The van der Waals surface area contributed by atoms with Crippen LogP contribution in [0.1, 0.15) is 41.3 Å². The minimum absolute atomic E-state index is 0.0512. The number of benzene rings is 1. The van der Waals surface area contributed by atoms with Gasteiger partial charge in [-0.2, -0.15) is 0 Å². The van der Waals surface area contributed by atoms with Gasteiger partial charge in [-0.05, 0) is 30.5 Å². The summed E-state index contributed by atoms with van der Waals surface area (Å²) in [7, 11) is 0. The van der Waals surface area contributed by atoms with Crippen LogP contribution in [0.3, 0.4) is 0 Å². The van der Waals surface area contributed by atoms with Gasteiger partial charge in [0.05, 0.1) is 0 Å². The maximum Gasteiger partial charge on any atom is 0.254 e. The average molecular weight is 290 g/mol. The molecule has 0 bridgehead atoms. The Morgan fingerprint density at radius 1 is 1.48 bits per heavy atom. The number of carbonyl (C=O) groups is 1. The van der Waals surface area contributed by atoms with Gasteiger partial charge in [-0.15, -0.1) is 0 Å². The van der Waals surface area contributed by atoms with Crippen molar-refractivity contribution < 1.29 is 9.18 Å². The molecular weight excluding hydrogens is 267 g/mol. The van der Waals surface area contributed by atoms with Gasteiger partial charge >= 0.3 is 0 Å². The lowest BCUT2D eigenvalue weighted by Gasteiger charge is -2.35. The fourth-order valence-corrected chi connectivity index (χ4v) is 2.73. The van der Waals surface area contributed by atoms with Crippen LogP contribution in [0.4, 0.5) is 10.1 Å². The van der Waals surface area contributed by atoms with E-state index in [1.54, 1.807) is 11.0 Å². The fourth-order valence-electron chi connectivity index (χ4n) is 2.73. The number of allylic oxidation sites excluding steroid dienone is 1. The van der Waals surface area contributed by atoms with Crippen molar-refractivity contribution >= 4 is 11.6 Å². The van der Waals surface area contributed by atoms with E-state index in [0.717, 1.165) is 17.5 Å². The van der Waals surface area contributed by atoms with Crippen LogP contribution in [0, 0.1) is 6.92 Å². The molecule has 1 aliphatic rings. The molecule has 0 saturated carbocycles. The maximum atomic E-state index is 14.1. The molecule has 0 unspecified atom stereocenters. The predicted molar refractivity (Wildman–Crippen MR) is 84.1 cm³/mol. The van der Waals surface area contributed by atoms with Crippen LogP contribution in [0.15, 0.2) is 24.8 Å². The van der Waals surface area contributed by atoms with Gasteiger partial charge in [-0.1, -0.05) is 25.6 Å². The van der Waals surface area contributed by atoms with Gasteiger partial charge in [-0.3, -0.25) is 4.79 Å². The van der Waals surface area contributed by atoms with Crippen molar-refractivity contribution in [2.75, 3.05) is 18.8 Å². The molecule has 1 aliphatic heterocycles. The van der Waals surface area contributed by atoms with Crippen molar-refractivity contribution in [1.29, 1.82) is 0 Å². The highest BCUT2D eigenvalue weighted by Crippen LogP contribution is 2.29. The molecule has 1 saturated heterocycles. The number of aryl methyl sites for hydroxylation is 2. The molecule has 0 aliphatic carbocycles. The van der Waals surface area contributed by atoms with Crippen molar-refractivity contribution in [3.05, 3.63) is 41.5 Å². The Labute approximate surface area is 125 Å². The Morgan fingerprint density at radius 3 is 2.62 bits per heavy atom. The number of piperidine rings is 1. The largest absolute Gasteiger partial charge is 0.398 e. The number of anilines is 1. The first-order chi connectivity index (χ1) is 9.90. The fraction of sp³-hybridized carbons (Fsp3) is 0.471. The highest BCUT2D eigenvalue weighted by Gasteiger charge is 2.33. The quantitative estimate of drug-likeness (QED) is 0.686. The van der Waals surface area contributed by atoms with Crippen LogP contribution in [-0.4, -0.2) is 29.6 Å². The first-order valence-corrected chi connectivity index (χ1v) is 7.41. The van der Waals surface area contributed by atoms with E-state index in [4.69, 9.17) is 5.73 Å². The van der Waals surface area contributed by atoms with Crippen molar-refractivity contribution in [2.45, 2.75) is 38.8 Å². The topological polar surface area (TPSA) is 46.3 Å². The van der Waals surface area contributed by atoms with Gasteiger partial charge in [0.2, 0.25) is 0 Å². The van der Waals surface area contributed by atoms with E-state index in [1.165, 1.54) is 6.08 Å². The number of rotatable bonds is 3. The Kier molecular flexibility index (Phi) is 4.35. The Morgan fingerprint density at radius 2 is 2.10 bits per heavy atom. The van der Waals surface area contributed by atoms with Gasteiger partial charge in [-0.25, -0.2) is 4.39 Å². The number of nitrogen functional groups attached to an aromatic ring is 1. The van der Waals surface area contributed by atoms with Crippen LogP contribution in [0.5, 0.6) is 0 Å². The highest BCUT2D eigenvalue weighted by atomic mass is 19.1. The first kappa shape index (κ1) is 15.5. The predicted octanol–water partition coefficient (Wildman–Crippen LogP) is 3.27. The van der Waals surface area contributed by atoms with E-state index in [9.17, 15) is 9.18 Å². The second kappa shape index (κ2) is 5.88.